The smallest absolute Gasteiger partial charge is 0.165 e. The Kier molecular flexibility index (Phi) is 5.96. The minimum atomic E-state index is -0.357. The van der Waals surface area contributed by atoms with Gasteiger partial charge in [-0.15, -0.1) is 0 Å². The Balaban J connectivity index is 1.24. The van der Waals surface area contributed by atoms with Crippen molar-refractivity contribution in [2.24, 2.45) is 0 Å². The van der Waals surface area contributed by atoms with E-state index in [1.54, 1.807) is 18.2 Å². The molecule has 5 rings (SSSR count). The number of nitrogens with zero attached hydrogens (tertiary/aromatic N) is 4. The molecule has 0 aliphatic carbocycles. The number of aromatic nitrogens is 3. The number of hydrogen-bond donors (Lipinski definition) is 1. The minimum Gasteiger partial charge on any atom is -0.484 e. The molecule has 33 heavy (non-hydrogen) atoms. The van der Waals surface area contributed by atoms with Crippen molar-refractivity contribution < 1.29 is 9.13 Å². The largest absolute Gasteiger partial charge is 0.484 e. The maximum absolute atomic E-state index is 13.8. The summed E-state index contributed by atoms with van der Waals surface area (Å²) in [5, 5.41) is 8.73. The topological polar surface area (TPSA) is 57.3 Å². The Hall–Kier alpha value is -3.45. The third-order valence-corrected chi connectivity index (χ3v) is 6.16. The zero-order valence-corrected chi connectivity index (χ0v) is 19.0. The molecule has 0 amide bonds. The van der Waals surface area contributed by atoms with E-state index in [4.69, 9.17) is 9.72 Å². The number of pyridine rings is 1. The number of aromatic amines is 1. The lowest BCUT2D eigenvalue weighted by Crippen LogP contribution is -2.22. The Morgan fingerprint density at radius 3 is 2.79 bits per heavy atom. The average Bonchev–Trinajstić information content (AvgIpc) is 3.47. The van der Waals surface area contributed by atoms with E-state index in [1.807, 2.05) is 26.2 Å². The van der Waals surface area contributed by atoms with Gasteiger partial charge in [0.15, 0.2) is 11.6 Å². The Labute approximate surface area is 193 Å². The summed E-state index contributed by atoms with van der Waals surface area (Å²) in [7, 11) is 4.09. The van der Waals surface area contributed by atoms with E-state index in [9.17, 15) is 4.39 Å². The molecule has 1 atom stereocenters. The van der Waals surface area contributed by atoms with Crippen LogP contribution in [0.1, 0.15) is 29.3 Å². The number of hydrogen-bond acceptors (Lipinski definition) is 5. The first-order chi connectivity index (χ1) is 16.1. The van der Waals surface area contributed by atoms with Crippen LogP contribution in [0, 0.1) is 5.82 Å². The molecule has 2 aromatic carbocycles. The van der Waals surface area contributed by atoms with Gasteiger partial charge in [0, 0.05) is 44.1 Å². The van der Waals surface area contributed by atoms with Gasteiger partial charge < -0.3 is 9.64 Å². The standard InChI is InChI=1S/C26H28FN5O/c1-31(2)26-20(13-18-7-3-5-9-23(18)28-26)16-32-12-11-19(15-32)24-14-21(29-30-24)17-33-25-10-6-4-8-22(25)27/h3-10,13-14,19H,11-12,15-17H2,1-2H3,(H,29,30)/t19-/m1/s1. The highest BCUT2D eigenvalue weighted by Crippen LogP contribution is 2.30. The SMILES string of the molecule is CN(C)c1nc2ccccc2cc1CN1CC[C@@H](c2cc(COc3ccccc3F)[nH]n2)C1. The molecule has 1 aliphatic heterocycles. The van der Waals surface area contributed by atoms with Gasteiger partial charge in [-0.1, -0.05) is 30.3 Å². The van der Waals surface area contributed by atoms with Crippen molar-refractivity contribution in [3.05, 3.63) is 83.4 Å². The van der Waals surface area contributed by atoms with Crippen molar-refractivity contribution in [3.8, 4) is 5.75 Å². The van der Waals surface area contributed by atoms with E-state index in [0.29, 0.717) is 5.92 Å². The summed E-state index contributed by atoms with van der Waals surface area (Å²) < 4.78 is 19.4. The summed E-state index contributed by atoms with van der Waals surface area (Å²) in [6.07, 6.45) is 1.05. The van der Waals surface area contributed by atoms with Crippen LogP contribution in [0.2, 0.25) is 0 Å². The predicted molar refractivity (Wildman–Crippen MR) is 128 cm³/mol. The van der Waals surface area contributed by atoms with Crippen LogP contribution in [0.15, 0.2) is 60.7 Å². The van der Waals surface area contributed by atoms with E-state index < -0.39 is 0 Å². The van der Waals surface area contributed by atoms with Crippen LogP contribution in [-0.4, -0.2) is 47.3 Å². The fourth-order valence-electron chi connectivity index (χ4n) is 4.49. The molecule has 1 aliphatic rings. The van der Waals surface area contributed by atoms with Crippen molar-refractivity contribution >= 4 is 16.7 Å². The molecule has 6 nitrogen and oxygen atoms in total. The van der Waals surface area contributed by atoms with E-state index in [0.717, 1.165) is 48.8 Å². The molecular weight excluding hydrogens is 417 g/mol. The highest BCUT2D eigenvalue weighted by molar-refractivity contribution is 5.81. The molecule has 0 radical (unpaired) electrons. The molecule has 1 fully saturated rings. The molecule has 0 spiro atoms. The van der Waals surface area contributed by atoms with Crippen molar-refractivity contribution in [2.75, 3.05) is 32.1 Å². The lowest BCUT2D eigenvalue weighted by atomic mass is 10.1. The number of likely N-dealkylation sites (tertiary alicyclic amines) is 1. The molecule has 170 valence electrons. The van der Waals surface area contributed by atoms with Gasteiger partial charge >= 0.3 is 0 Å². The second-order valence-corrected chi connectivity index (χ2v) is 8.82. The van der Waals surface area contributed by atoms with Crippen LogP contribution in [0.4, 0.5) is 10.2 Å². The zero-order chi connectivity index (χ0) is 22.8. The molecule has 7 heteroatoms. The van der Waals surface area contributed by atoms with Gasteiger partial charge in [0.2, 0.25) is 0 Å². The first kappa shape index (κ1) is 21.4. The quantitative estimate of drug-likeness (QED) is 0.446. The average molecular weight is 446 g/mol. The van der Waals surface area contributed by atoms with Crippen molar-refractivity contribution in [2.45, 2.75) is 25.5 Å². The van der Waals surface area contributed by atoms with Crippen LogP contribution in [0.3, 0.4) is 0 Å². The number of para-hydroxylation sites is 2. The first-order valence-corrected chi connectivity index (χ1v) is 11.3. The summed E-state index contributed by atoms with van der Waals surface area (Å²) in [5.74, 6) is 1.27. The molecule has 4 aromatic rings. The Morgan fingerprint density at radius 1 is 1.12 bits per heavy atom. The summed E-state index contributed by atoms with van der Waals surface area (Å²) in [6, 6.07) is 19.0. The maximum Gasteiger partial charge on any atom is 0.165 e. The number of benzene rings is 2. The van der Waals surface area contributed by atoms with Gasteiger partial charge in [0.05, 0.1) is 16.9 Å². The molecule has 0 bridgehead atoms. The zero-order valence-electron chi connectivity index (χ0n) is 19.0. The first-order valence-electron chi connectivity index (χ1n) is 11.3. The van der Waals surface area contributed by atoms with E-state index >= 15 is 0 Å². The molecule has 2 aromatic heterocycles. The lowest BCUT2D eigenvalue weighted by molar-refractivity contribution is 0.286. The third kappa shape index (κ3) is 4.68. The molecule has 0 unspecified atom stereocenters. The van der Waals surface area contributed by atoms with Gasteiger partial charge in [-0.3, -0.25) is 10.00 Å². The molecule has 0 saturated carbocycles. The summed E-state index contributed by atoms with van der Waals surface area (Å²) in [6.45, 7) is 3.07. The maximum atomic E-state index is 13.8. The molecule has 3 heterocycles. The Morgan fingerprint density at radius 2 is 1.94 bits per heavy atom. The fraction of sp³-hybridized carbons (Fsp3) is 0.308. The van der Waals surface area contributed by atoms with Gasteiger partial charge in [-0.25, -0.2) is 9.37 Å². The second-order valence-electron chi connectivity index (χ2n) is 8.82. The highest BCUT2D eigenvalue weighted by atomic mass is 19.1. The summed E-state index contributed by atoms with van der Waals surface area (Å²) in [5.41, 5.74) is 4.14. The van der Waals surface area contributed by atoms with E-state index in [1.165, 1.54) is 17.0 Å². The van der Waals surface area contributed by atoms with Crippen molar-refractivity contribution in [1.29, 1.82) is 0 Å². The minimum absolute atomic E-state index is 0.251. The second kappa shape index (κ2) is 9.19. The van der Waals surface area contributed by atoms with E-state index in [2.05, 4.69) is 44.3 Å². The lowest BCUT2D eigenvalue weighted by Gasteiger charge is -2.21. The number of nitrogens with one attached hydrogen (secondary N) is 1. The third-order valence-electron chi connectivity index (χ3n) is 6.16. The van der Waals surface area contributed by atoms with Gasteiger partial charge in [-0.2, -0.15) is 5.10 Å². The summed E-state index contributed by atoms with van der Waals surface area (Å²) >= 11 is 0. The summed E-state index contributed by atoms with van der Waals surface area (Å²) in [4.78, 5) is 9.44. The van der Waals surface area contributed by atoms with Crippen molar-refractivity contribution in [3.63, 3.8) is 0 Å². The van der Waals surface area contributed by atoms with Crippen LogP contribution >= 0.6 is 0 Å². The molecular formula is C26H28FN5O. The number of rotatable bonds is 7. The van der Waals surface area contributed by atoms with E-state index in [-0.39, 0.29) is 18.2 Å². The van der Waals surface area contributed by atoms with Gasteiger partial charge in [0.25, 0.3) is 0 Å². The number of anilines is 1. The predicted octanol–water partition coefficient (Wildman–Crippen LogP) is 4.73. The number of halogens is 1. The van der Waals surface area contributed by atoms with Gasteiger partial charge in [-0.05, 0) is 43.3 Å². The van der Waals surface area contributed by atoms with Crippen LogP contribution < -0.4 is 9.64 Å². The fourth-order valence-corrected chi connectivity index (χ4v) is 4.49. The highest BCUT2D eigenvalue weighted by Gasteiger charge is 2.27. The Bertz CT molecular complexity index is 1250. The number of H-pyrrole nitrogens is 1. The monoisotopic (exact) mass is 445 g/mol. The number of fused-ring (bicyclic) bond motifs is 1. The van der Waals surface area contributed by atoms with Crippen molar-refractivity contribution in [1.82, 2.24) is 20.1 Å². The normalized spacial score (nSPS) is 16.4. The van der Waals surface area contributed by atoms with Crippen LogP contribution in [-0.2, 0) is 13.2 Å². The van der Waals surface area contributed by atoms with Gasteiger partial charge in [0.1, 0.15) is 12.4 Å². The number of ether oxygens (including phenoxy) is 1. The van der Waals surface area contributed by atoms with Crippen LogP contribution in [0.5, 0.6) is 5.75 Å². The molecule has 1 N–H and O–H groups in total. The molecule has 1 saturated heterocycles. The van der Waals surface area contributed by atoms with Crippen LogP contribution in [0.25, 0.3) is 10.9 Å².